The molecule has 0 radical (unpaired) electrons. The van der Waals surface area contributed by atoms with E-state index in [2.05, 4.69) is 30.3 Å². The van der Waals surface area contributed by atoms with Gasteiger partial charge in [0.05, 0.1) is 26.9 Å². The molecule has 0 atom stereocenters. The van der Waals surface area contributed by atoms with Crippen LogP contribution in [-0.2, 0) is 22.7 Å². The molecular formula is C26H22ClF3N6O3S. The maximum atomic E-state index is 13.2. The number of nitrogens with one attached hydrogen (secondary N) is 3. The van der Waals surface area contributed by atoms with Crippen molar-refractivity contribution < 1.29 is 26.4 Å². The van der Waals surface area contributed by atoms with E-state index >= 15 is 0 Å². The Kier molecular flexibility index (Phi) is 7.38. The molecule has 2 aromatic carbocycles. The van der Waals surface area contributed by atoms with Crippen molar-refractivity contribution in [3.8, 4) is 11.4 Å². The smallest absolute Gasteiger partial charge is 0.373 e. The number of carbonyl (C=O) groups excluding carboxylic acids is 1. The van der Waals surface area contributed by atoms with Gasteiger partial charge in [0.1, 0.15) is 5.82 Å². The third kappa shape index (κ3) is 6.01. The first-order valence-electron chi connectivity index (χ1n) is 12.0. The van der Waals surface area contributed by atoms with Crippen LogP contribution in [0.15, 0.2) is 54.9 Å². The summed E-state index contributed by atoms with van der Waals surface area (Å²) in [5, 5.41) is 6.03. The van der Waals surface area contributed by atoms with Crippen molar-refractivity contribution in [1.82, 2.24) is 19.7 Å². The van der Waals surface area contributed by atoms with E-state index in [1.165, 1.54) is 18.3 Å². The number of halogens is 4. The van der Waals surface area contributed by atoms with Gasteiger partial charge in [-0.25, -0.2) is 23.1 Å². The molecule has 208 valence electrons. The van der Waals surface area contributed by atoms with Crippen LogP contribution in [0.1, 0.15) is 34.3 Å². The molecule has 4 aromatic rings. The Morgan fingerprint density at radius 1 is 1.07 bits per heavy atom. The van der Waals surface area contributed by atoms with E-state index < -0.39 is 27.7 Å². The van der Waals surface area contributed by atoms with E-state index in [1.54, 1.807) is 31.3 Å². The van der Waals surface area contributed by atoms with E-state index in [-0.39, 0.29) is 33.8 Å². The largest absolute Gasteiger partial charge is 0.417 e. The molecule has 1 amide bonds. The third-order valence-electron chi connectivity index (χ3n) is 6.23. The highest BCUT2D eigenvalue weighted by Gasteiger charge is 2.35. The molecule has 0 spiro atoms. The summed E-state index contributed by atoms with van der Waals surface area (Å²) >= 11 is 6.26. The molecule has 0 aliphatic heterocycles. The van der Waals surface area contributed by atoms with Gasteiger partial charge in [0, 0.05) is 42.6 Å². The number of benzene rings is 2. The summed E-state index contributed by atoms with van der Waals surface area (Å²) in [6.07, 6.45) is -1.35. The van der Waals surface area contributed by atoms with Gasteiger partial charge in [0.15, 0.2) is 5.82 Å². The number of hydrogen-bond donors (Lipinski definition) is 3. The molecule has 5 rings (SSSR count). The topological polar surface area (TPSA) is 126 Å². The Hall–Kier alpha value is -3.81. The number of pyridine rings is 1. The van der Waals surface area contributed by atoms with Gasteiger partial charge < -0.3 is 10.6 Å². The van der Waals surface area contributed by atoms with Gasteiger partial charge in [-0.3, -0.25) is 9.78 Å². The van der Waals surface area contributed by atoms with Crippen LogP contribution in [0.4, 0.5) is 24.7 Å². The maximum Gasteiger partial charge on any atom is 0.417 e. The molecule has 1 aliphatic rings. The van der Waals surface area contributed by atoms with Gasteiger partial charge in [-0.1, -0.05) is 17.7 Å². The Bertz CT molecular complexity index is 1730. The monoisotopic (exact) mass is 590 g/mol. The summed E-state index contributed by atoms with van der Waals surface area (Å²) in [6, 6.07) is 10.4. The number of nitrogens with zero attached hydrogens (tertiary/aromatic N) is 3. The first-order valence-corrected chi connectivity index (χ1v) is 14.0. The summed E-state index contributed by atoms with van der Waals surface area (Å²) in [5.41, 5.74) is 0.548. The molecule has 2 heterocycles. The number of sulfonamides is 1. The number of amides is 1. The fourth-order valence-electron chi connectivity index (χ4n) is 3.98. The standard InChI is InChI=1S/C26H22ClF3N6O3S/c1-31-24-19-6-3-17(10-22(19)35-23(36-24)15-9-16(13-32-12-15)26(28,29)30)34-25(37)20-8-14(2-7-21(20)27)11-33-40(38,39)18-4-5-18/h2-3,6-10,12-13,18,33H,4-5,11H2,1H3,(H,34,37)(H,31,35,36). The van der Waals surface area contributed by atoms with Gasteiger partial charge in [-0.05, 0) is 54.8 Å². The third-order valence-corrected chi connectivity index (χ3v) is 8.46. The quantitative estimate of drug-likeness (QED) is 0.256. The average Bonchev–Trinajstić information content (AvgIpc) is 3.78. The lowest BCUT2D eigenvalue weighted by Crippen LogP contribution is -2.26. The molecule has 1 aliphatic carbocycles. The number of fused-ring (bicyclic) bond motifs is 1. The Balaban J connectivity index is 1.41. The summed E-state index contributed by atoms with van der Waals surface area (Å²) in [6.45, 7) is 0.0170. The molecular weight excluding hydrogens is 569 g/mol. The van der Waals surface area contributed by atoms with Crippen molar-refractivity contribution in [3.63, 3.8) is 0 Å². The fourth-order valence-corrected chi connectivity index (χ4v) is 5.54. The summed E-state index contributed by atoms with van der Waals surface area (Å²) in [4.78, 5) is 25.5. The van der Waals surface area contributed by atoms with Crippen LogP contribution in [0.5, 0.6) is 0 Å². The second-order valence-electron chi connectivity index (χ2n) is 9.17. The van der Waals surface area contributed by atoms with Gasteiger partial charge in [-0.2, -0.15) is 13.2 Å². The predicted molar refractivity (Wildman–Crippen MR) is 146 cm³/mol. The van der Waals surface area contributed by atoms with Crippen molar-refractivity contribution in [3.05, 3.63) is 76.6 Å². The van der Waals surface area contributed by atoms with E-state index in [9.17, 15) is 26.4 Å². The Morgan fingerprint density at radius 3 is 2.55 bits per heavy atom. The first-order chi connectivity index (χ1) is 18.9. The van der Waals surface area contributed by atoms with Crippen LogP contribution < -0.4 is 15.4 Å². The number of anilines is 2. The number of rotatable bonds is 8. The van der Waals surface area contributed by atoms with Crippen LogP contribution in [0.2, 0.25) is 5.02 Å². The summed E-state index contributed by atoms with van der Waals surface area (Å²) < 4.78 is 66.4. The van der Waals surface area contributed by atoms with E-state index in [4.69, 9.17) is 11.6 Å². The van der Waals surface area contributed by atoms with Crippen molar-refractivity contribution >= 4 is 49.9 Å². The molecule has 2 aromatic heterocycles. The lowest BCUT2D eigenvalue weighted by atomic mass is 10.1. The maximum absolute atomic E-state index is 13.2. The molecule has 14 heteroatoms. The lowest BCUT2D eigenvalue weighted by molar-refractivity contribution is -0.137. The van der Waals surface area contributed by atoms with Crippen LogP contribution in [0, 0.1) is 0 Å². The number of aromatic nitrogens is 3. The molecule has 0 unspecified atom stereocenters. The van der Waals surface area contributed by atoms with E-state index in [0.29, 0.717) is 40.8 Å². The SMILES string of the molecule is CNc1nc(-c2cncc(C(F)(F)F)c2)nc2cc(NC(=O)c3cc(CNS(=O)(=O)C4CC4)ccc3Cl)ccc12. The highest BCUT2D eigenvalue weighted by molar-refractivity contribution is 7.90. The highest BCUT2D eigenvalue weighted by Crippen LogP contribution is 2.32. The molecule has 40 heavy (non-hydrogen) atoms. The van der Waals surface area contributed by atoms with Gasteiger partial charge >= 0.3 is 6.18 Å². The second-order valence-corrected chi connectivity index (χ2v) is 11.6. The van der Waals surface area contributed by atoms with E-state index in [1.807, 2.05) is 0 Å². The minimum Gasteiger partial charge on any atom is -0.373 e. The number of alkyl halides is 3. The van der Waals surface area contributed by atoms with E-state index in [0.717, 1.165) is 12.3 Å². The minimum atomic E-state index is -4.58. The van der Waals surface area contributed by atoms with Crippen molar-refractivity contribution in [1.29, 1.82) is 0 Å². The van der Waals surface area contributed by atoms with Crippen molar-refractivity contribution in [2.45, 2.75) is 30.8 Å². The van der Waals surface area contributed by atoms with Gasteiger partial charge in [0.25, 0.3) is 5.91 Å². The number of carbonyl (C=O) groups is 1. The minimum absolute atomic E-state index is 0.0170. The fraction of sp³-hybridized carbons (Fsp3) is 0.231. The van der Waals surface area contributed by atoms with Gasteiger partial charge in [0.2, 0.25) is 10.0 Å². The molecule has 0 saturated heterocycles. The van der Waals surface area contributed by atoms with Crippen molar-refractivity contribution in [2.75, 3.05) is 17.7 Å². The molecule has 1 fully saturated rings. The number of hydrogen-bond acceptors (Lipinski definition) is 7. The molecule has 9 nitrogen and oxygen atoms in total. The zero-order valence-corrected chi connectivity index (χ0v) is 22.5. The van der Waals surface area contributed by atoms with Gasteiger partial charge in [-0.15, -0.1) is 0 Å². The molecule has 3 N–H and O–H groups in total. The van der Waals surface area contributed by atoms with Crippen molar-refractivity contribution in [2.24, 2.45) is 0 Å². The lowest BCUT2D eigenvalue weighted by Gasteiger charge is -2.12. The zero-order chi connectivity index (χ0) is 28.7. The normalized spacial score (nSPS) is 13.8. The highest BCUT2D eigenvalue weighted by atomic mass is 35.5. The Labute approximate surface area is 232 Å². The van der Waals surface area contributed by atoms with Crippen LogP contribution in [0.3, 0.4) is 0 Å². The summed E-state index contributed by atoms with van der Waals surface area (Å²) in [7, 11) is -1.78. The second kappa shape index (κ2) is 10.6. The summed E-state index contributed by atoms with van der Waals surface area (Å²) in [5.74, 6) is -0.149. The van der Waals surface area contributed by atoms with Crippen LogP contribution >= 0.6 is 11.6 Å². The predicted octanol–water partition coefficient (Wildman–Crippen LogP) is 5.24. The Morgan fingerprint density at radius 2 is 1.85 bits per heavy atom. The molecule has 1 saturated carbocycles. The van der Waals surface area contributed by atoms with Crippen LogP contribution in [0.25, 0.3) is 22.3 Å². The van der Waals surface area contributed by atoms with Crippen LogP contribution in [-0.4, -0.2) is 41.6 Å². The average molecular weight is 591 g/mol. The molecule has 0 bridgehead atoms. The first kappa shape index (κ1) is 27.7. The zero-order valence-electron chi connectivity index (χ0n) is 20.9.